The number of nitrogens with zero attached hydrogens (tertiary/aromatic N) is 1. The molecule has 0 radical (unpaired) electrons. The lowest BCUT2D eigenvalue weighted by molar-refractivity contribution is 0.388. The molecule has 0 aliphatic carbocycles. The summed E-state index contributed by atoms with van der Waals surface area (Å²) in [7, 11) is -1.76. The third kappa shape index (κ3) is 2.92. The van der Waals surface area contributed by atoms with Crippen molar-refractivity contribution in [2.24, 2.45) is 0 Å². The average Bonchev–Trinajstić information content (AvgIpc) is 3.09. The first kappa shape index (κ1) is 15.2. The molecule has 1 heterocycles. The molecule has 1 fully saturated rings. The van der Waals surface area contributed by atoms with Crippen molar-refractivity contribution in [3.8, 4) is 11.1 Å². The maximum atomic E-state index is 12.7. The van der Waals surface area contributed by atoms with Crippen LogP contribution in [0.2, 0.25) is 0 Å². The minimum absolute atomic E-state index is 0.0406. The number of nitrogens with one attached hydrogen (secondary N) is 1. The molecule has 1 aliphatic heterocycles. The Morgan fingerprint density at radius 2 is 1.64 bits per heavy atom. The van der Waals surface area contributed by atoms with E-state index in [1.165, 1.54) is 4.31 Å². The molecule has 1 aliphatic rings. The molecule has 1 unspecified atom stereocenters. The molecule has 4 nitrogen and oxygen atoms in total. The topological polar surface area (TPSA) is 49.4 Å². The number of hydrogen-bond acceptors (Lipinski definition) is 3. The second kappa shape index (κ2) is 6.20. The van der Waals surface area contributed by atoms with Gasteiger partial charge in [-0.3, -0.25) is 0 Å². The SMILES string of the molecule is CN(C1CCNC1)S(=O)(=O)c1ccc(-c2ccccc2)cc1. The van der Waals surface area contributed by atoms with E-state index in [1.54, 1.807) is 19.2 Å². The molecule has 5 heteroatoms. The van der Waals surface area contributed by atoms with Gasteiger partial charge in [-0.15, -0.1) is 0 Å². The lowest BCUT2D eigenvalue weighted by Gasteiger charge is -2.23. The number of hydrogen-bond donors (Lipinski definition) is 1. The molecule has 2 aromatic carbocycles. The highest BCUT2D eigenvalue weighted by Crippen LogP contribution is 2.24. The quantitative estimate of drug-likeness (QED) is 0.942. The predicted octanol–water partition coefficient (Wildman–Crippen LogP) is 2.34. The largest absolute Gasteiger partial charge is 0.315 e. The van der Waals surface area contributed by atoms with Crippen LogP contribution in [0.4, 0.5) is 0 Å². The molecule has 0 aromatic heterocycles. The standard InChI is InChI=1S/C17H20N2O2S/c1-19(16-11-12-18-13-16)22(20,21)17-9-7-15(8-10-17)14-5-3-2-4-6-14/h2-10,16,18H,11-13H2,1H3. The van der Waals surface area contributed by atoms with Gasteiger partial charge in [0.05, 0.1) is 4.90 Å². The van der Waals surface area contributed by atoms with Crippen LogP contribution in [0.1, 0.15) is 6.42 Å². The highest BCUT2D eigenvalue weighted by atomic mass is 32.2. The third-order valence-corrected chi connectivity index (χ3v) is 6.11. The molecule has 1 saturated heterocycles. The van der Waals surface area contributed by atoms with Crippen molar-refractivity contribution >= 4 is 10.0 Å². The first-order valence-corrected chi connectivity index (χ1v) is 8.87. The van der Waals surface area contributed by atoms with Gasteiger partial charge in [0, 0.05) is 19.6 Å². The predicted molar refractivity (Wildman–Crippen MR) is 88.1 cm³/mol. The van der Waals surface area contributed by atoms with Crippen LogP contribution in [-0.4, -0.2) is 38.9 Å². The number of sulfonamides is 1. The van der Waals surface area contributed by atoms with E-state index >= 15 is 0 Å². The molecule has 22 heavy (non-hydrogen) atoms. The van der Waals surface area contributed by atoms with Crippen LogP contribution < -0.4 is 5.32 Å². The second-order valence-electron chi connectivity index (χ2n) is 5.56. The van der Waals surface area contributed by atoms with Crippen molar-refractivity contribution in [2.75, 3.05) is 20.1 Å². The van der Waals surface area contributed by atoms with Crippen LogP contribution in [0, 0.1) is 0 Å². The van der Waals surface area contributed by atoms with Gasteiger partial charge >= 0.3 is 0 Å². The number of benzene rings is 2. The Labute approximate surface area is 131 Å². The second-order valence-corrected chi connectivity index (χ2v) is 7.56. The van der Waals surface area contributed by atoms with Gasteiger partial charge in [0.15, 0.2) is 0 Å². The normalized spacial score (nSPS) is 18.7. The van der Waals surface area contributed by atoms with Gasteiger partial charge in [0.2, 0.25) is 10.0 Å². The number of likely N-dealkylation sites (N-methyl/N-ethyl adjacent to an activating group) is 1. The van der Waals surface area contributed by atoms with Gasteiger partial charge in [0.1, 0.15) is 0 Å². The molecule has 0 amide bonds. The van der Waals surface area contributed by atoms with Crippen molar-refractivity contribution in [3.63, 3.8) is 0 Å². The van der Waals surface area contributed by atoms with Crippen molar-refractivity contribution in [1.29, 1.82) is 0 Å². The summed E-state index contributed by atoms with van der Waals surface area (Å²) in [6.07, 6.45) is 0.859. The smallest absolute Gasteiger partial charge is 0.243 e. The Hall–Kier alpha value is -1.69. The molecular weight excluding hydrogens is 296 g/mol. The molecule has 116 valence electrons. The highest BCUT2D eigenvalue weighted by molar-refractivity contribution is 7.89. The van der Waals surface area contributed by atoms with E-state index in [0.717, 1.165) is 30.6 Å². The molecular formula is C17H20N2O2S. The van der Waals surface area contributed by atoms with Crippen molar-refractivity contribution in [3.05, 3.63) is 54.6 Å². The maximum absolute atomic E-state index is 12.7. The van der Waals surface area contributed by atoms with Crippen LogP contribution in [0.5, 0.6) is 0 Å². The van der Waals surface area contributed by atoms with E-state index in [1.807, 2.05) is 42.5 Å². The summed E-state index contributed by atoms with van der Waals surface area (Å²) in [5.41, 5.74) is 2.10. The van der Waals surface area contributed by atoms with Crippen molar-refractivity contribution < 1.29 is 8.42 Å². The Morgan fingerprint density at radius 3 is 2.23 bits per heavy atom. The third-order valence-electron chi connectivity index (χ3n) is 4.19. The van der Waals surface area contributed by atoms with E-state index < -0.39 is 10.0 Å². The van der Waals surface area contributed by atoms with Crippen molar-refractivity contribution in [2.45, 2.75) is 17.4 Å². The first-order valence-electron chi connectivity index (χ1n) is 7.43. The summed E-state index contributed by atoms with van der Waals surface area (Å²) < 4.78 is 26.8. The van der Waals surface area contributed by atoms with Gasteiger partial charge in [-0.1, -0.05) is 42.5 Å². The van der Waals surface area contributed by atoms with Crippen LogP contribution in [0.15, 0.2) is 59.5 Å². The summed E-state index contributed by atoms with van der Waals surface area (Å²) in [6, 6.07) is 17.1. The number of rotatable bonds is 4. The van der Waals surface area contributed by atoms with Crippen LogP contribution in [0.3, 0.4) is 0 Å². The summed E-state index contributed by atoms with van der Waals surface area (Å²) >= 11 is 0. The minimum atomic E-state index is -3.43. The summed E-state index contributed by atoms with van der Waals surface area (Å²) in [4.78, 5) is 0.349. The minimum Gasteiger partial charge on any atom is -0.315 e. The summed E-state index contributed by atoms with van der Waals surface area (Å²) in [6.45, 7) is 1.59. The maximum Gasteiger partial charge on any atom is 0.243 e. The molecule has 2 aromatic rings. The summed E-state index contributed by atoms with van der Waals surface area (Å²) in [5, 5.41) is 3.20. The Bertz CT molecular complexity index is 721. The Morgan fingerprint density at radius 1 is 1.00 bits per heavy atom. The van der Waals surface area contributed by atoms with Crippen LogP contribution >= 0.6 is 0 Å². The lowest BCUT2D eigenvalue weighted by atomic mass is 10.1. The van der Waals surface area contributed by atoms with Crippen LogP contribution in [-0.2, 0) is 10.0 Å². The van der Waals surface area contributed by atoms with Crippen LogP contribution in [0.25, 0.3) is 11.1 Å². The fraction of sp³-hybridized carbons (Fsp3) is 0.294. The van der Waals surface area contributed by atoms with E-state index in [-0.39, 0.29) is 6.04 Å². The molecule has 0 saturated carbocycles. The zero-order chi connectivity index (χ0) is 15.6. The van der Waals surface area contributed by atoms with E-state index in [2.05, 4.69) is 5.32 Å². The highest BCUT2D eigenvalue weighted by Gasteiger charge is 2.29. The zero-order valence-corrected chi connectivity index (χ0v) is 13.4. The van der Waals surface area contributed by atoms with Gasteiger partial charge in [-0.2, -0.15) is 4.31 Å². The lowest BCUT2D eigenvalue weighted by Crippen LogP contribution is -2.38. The Balaban J connectivity index is 1.85. The van der Waals surface area contributed by atoms with Gasteiger partial charge < -0.3 is 5.32 Å². The summed E-state index contributed by atoms with van der Waals surface area (Å²) in [5.74, 6) is 0. The fourth-order valence-electron chi connectivity index (χ4n) is 2.76. The molecule has 0 spiro atoms. The molecule has 1 N–H and O–H groups in total. The first-order chi connectivity index (χ1) is 10.6. The van der Waals surface area contributed by atoms with Gasteiger partial charge in [-0.25, -0.2) is 8.42 Å². The molecule has 3 rings (SSSR count). The van der Waals surface area contributed by atoms with E-state index in [0.29, 0.717) is 4.90 Å². The molecule has 1 atom stereocenters. The Kier molecular flexibility index (Phi) is 4.29. The average molecular weight is 316 g/mol. The zero-order valence-electron chi connectivity index (χ0n) is 12.6. The van der Waals surface area contributed by atoms with Crippen molar-refractivity contribution in [1.82, 2.24) is 9.62 Å². The monoisotopic (exact) mass is 316 g/mol. The van der Waals surface area contributed by atoms with Gasteiger partial charge in [0.25, 0.3) is 0 Å². The van der Waals surface area contributed by atoms with E-state index in [4.69, 9.17) is 0 Å². The molecule has 0 bridgehead atoms. The van der Waals surface area contributed by atoms with Gasteiger partial charge in [-0.05, 0) is 36.2 Å². The fourth-order valence-corrected chi connectivity index (χ4v) is 4.15. The van der Waals surface area contributed by atoms with E-state index in [9.17, 15) is 8.42 Å².